The van der Waals surface area contributed by atoms with Gasteiger partial charge in [0.15, 0.2) is 0 Å². The lowest BCUT2D eigenvalue weighted by Crippen LogP contribution is -2.61. The Morgan fingerprint density at radius 3 is 2.60 bits per heavy atom. The van der Waals surface area contributed by atoms with Crippen molar-refractivity contribution in [1.29, 1.82) is 0 Å². The van der Waals surface area contributed by atoms with Crippen molar-refractivity contribution in [3.05, 3.63) is 0 Å². The molecule has 0 aromatic carbocycles. The van der Waals surface area contributed by atoms with Crippen LogP contribution in [0.5, 0.6) is 0 Å². The Labute approximate surface area is 125 Å². The minimum Gasteiger partial charge on any atom is -0.367 e. The first kappa shape index (κ1) is 15.6. The zero-order chi connectivity index (χ0) is 14.9. The lowest BCUT2D eigenvalue weighted by molar-refractivity contribution is -0.140. The fraction of sp³-hybridized carbons (Fsp3) is 0.857. The molecule has 1 atom stereocenters. The minimum absolute atomic E-state index is 0.00108. The number of carbonyl (C=O) groups excluding carboxylic acids is 2. The van der Waals surface area contributed by atoms with Gasteiger partial charge in [0.1, 0.15) is 6.61 Å². The molecule has 2 saturated heterocycles. The molecular formula is C14H24N2O3S. The number of rotatable bonds is 4. The molecule has 0 aliphatic carbocycles. The van der Waals surface area contributed by atoms with Crippen LogP contribution in [-0.4, -0.2) is 72.0 Å². The van der Waals surface area contributed by atoms with Crippen LogP contribution < -0.4 is 0 Å². The summed E-state index contributed by atoms with van der Waals surface area (Å²) in [5.74, 6) is 1.23. The third-order valence-electron chi connectivity index (χ3n) is 3.88. The van der Waals surface area contributed by atoms with Crippen molar-refractivity contribution in [2.75, 3.05) is 39.5 Å². The topological polar surface area (TPSA) is 49.9 Å². The van der Waals surface area contributed by atoms with Crippen LogP contribution in [0.3, 0.4) is 0 Å². The SMILES string of the molecule is CC(C)C(=O)N1CC2(CC(OCC(=O)N(C)C)CS2)C1. The third kappa shape index (κ3) is 3.28. The van der Waals surface area contributed by atoms with Gasteiger partial charge in [-0.05, 0) is 6.42 Å². The van der Waals surface area contributed by atoms with Crippen LogP contribution in [0.15, 0.2) is 0 Å². The highest BCUT2D eigenvalue weighted by molar-refractivity contribution is 8.01. The van der Waals surface area contributed by atoms with Crippen LogP contribution in [0.4, 0.5) is 0 Å². The molecule has 0 bridgehead atoms. The summed E-state index contributed by atoms with van der Waals surface area (Å²) in [6.07, 6.45) is 1.08. The molecule has 2 aliphatic heterocycles. The molecule has 0 aromatic rings. The number of likely N-dealkylation sites (tertiary alicyclic amines) is 1. The highest BCUT2D eigenvalue weighted by Crippen LogP contribution is 2.46. The summed E-state index contributed by atoms with van der Waals surface area (Å²) in [6, 6.07) is 0. The normalized spacial score (nSPS) is 24.1. The van der Waals surface area contributed by atoms with Gasteiger partial charge in [0.05, 0.1) is 10.9 Å². The summed E-state index contributed by atoms with van der Waals surface area (Å²) in [6.45, 7) is 5.69. The molecule has 2 heterocycles. The minimum atomic E-state index is 0.00108. The van der Waals surface area contributed by atoms with Crippen molar-refractivity contribution in [1.82, 2.24) is 9.80 Å². The van der Waals surface area contributed by atoms with Gasteiger partial charge in [-0.2, -0.15) is 0 Å². The second kappa shape index (κ2) is 5.93. The maximum absolute atomic E-state index is 11.9. The summed E-state index contributed by atoms with van der Waals surface area (Å²) in [5, 5.41) is 0. The summed E-state index contributed by atoms with van der Waals surface area (Å²) in [7, 11) is 3.47. The van der Waals surface area contributed by atoms with E-state index in [4.69, 9.17) is 4.74 Å². The third-order valence-corrected chi connectivity index (χ3v) is 5.46. The van der Waals surface area contributed by atoms with Crippen LogP contribution in [0, 0.1) is 5.92 Å². The molecule has 2 amide bonds. The van der Waals surface area contributed by atoms with Crippen molar-refractivity contribution >= 4 is 23.6 Å². The van der Waals surface area contributed by atoms with Crippen LogP contribution >= 0.6 is 11.8 Å². The smallest absolute Gasteiger partial charge is 0.248 e. The number of amides is 2. The van der Waals surface area contributed by atoms with Gasteiger partial charge in [0, 0.05) is 38.9 Å². The Hall–Kier alpha value is -0.750. The number of thioether (sulfide) groups is 1. The number of ether oxygens (including phenoxy) is 1. The van der Waals surface area contributed by atoms with Crippen LogP contribution in [-0.2, 0) is 14.3 Å². The number of nitrogens with zero attached hydrogens (tertiary/aromatic N) is 2. The van der Waals surface area contributed by atoms with E-state index in [9.17, 15) is 9.59 Å². The standard InChI is InChI=1S/C14H24N2O3S/c1-10(2)13(18)16-8-14(9-16)5-11(7-20-14)19-6-12(17)15(3)4/h10-11H,5-9H2,1-4H3. The summed E-state index contributed by atoms with van der Waals surface area (Å²) < 4.78 is 5.86. The van der Waals surface area contributed by atoms with Crippen LogP contribution in [0.1, 0.15) is 20.3 Å². The van der Waals surface area contributed by atoms with Gasteiger partial charge in [-0.3, -0.25) is 9.59 Å². The summed E-state index contributed by atoms with van der Waals surface area (Å²) in [4.78, 5) is 26.9. The molecular weight excluding hydrogens is 276 g/mol. The second-order valence-electron chi connectivity index (χ2n) is 6.27. The van der Waals surface area contributed by atoms with E-state index in [0.29, 0.717) is 0 Å². The second-order valence-corrected chi connectivity index (χ2v) is 7.76. The van der Waals surface area contributed by atoms with E-state index >= 15 is 0 Å². The molecule has 0 saturated carbocycles. The first-order valence-corrected chi connectivity index (χ1v) is 8.06. The highest BCUT2D eigenvalue weighted by Gasteiger charge is 2.51. The highest BCUT2D eigenvalue weighted by atomic mass is 32.2. The quantitative estimate of drug-likeness (QED) is 0.772. The largest absolute Gasteiger partial charge is 0.367 e. The Kier molecular flexibility index (Phi) is 4.64. The van der Waals surface area contributed by atoms with Gasteiger partial charge in [-0.15, -0.1) is 11.8 Å². The molecule has 1 unspecified atom stereocenters. The molecule has 1 spiro atoms. The van der Waals surface area contributed by atoms with Gasteiger partial charge < -0.3 is 14.5 Å². The molecule has 114 valence electrons. The van der Waals surface area contributed by atoms with Crippen molar-refractivity contribution in [3.63, 3.8) is 0 Å². The maximum atomic E-state index is 11.9. The average Bonchev–Trinajstić information content (AvgIpc) is 2.77. The van der Waals surface area contributed by atoms with Gasteiger partial charge in [0.2, 0.25) is 11.8 Å². The van der Waals surface area contributed by atoms with Crippen molar-refractivity contribution < 1.29 is 14.3 Å². The fourth-order valence-corrected chi connectivity index (χ4v) is 4.17. The Morgan fingerprint density at radius 2 is 2.05 bits per heavy atom. The van der Waals surface area contributed by atoms with Crippen molar-refractivity contribution in [2.45, 2.75) is 31.1 Å². The van der Waals surface area contributed by atoms with E-state index < -0.39 is 0 Å². The Morgan fingerprint density at radius 1 is 1.40 bits per heavy atom. The first-order chi connectivity index (χ1) is 9.33. The van der Waals surface area contributed by atoms with E-state index in [1.54, 1.807) is 19.0 Å². The molecule has 2 rings (SSSR count). The van der Waals surface area contributed by atoms with E-state index in [1.165, 1.54) is 0 Å². The predicted octanol–water partition coefficient (Wildman–Crippen LogP) is 0.834. The lowest BCUT2D eigenvalue weighted by atomic mass is 9.92. The van der Waals surface area contributed by atoms with Crippen LogP contribution in [0.2, 0.25) is 0 Å². The predicted molar refractivity (Wildman–Crippen MR) is 79.7 cm³/mol. The molecule has 2 fully saturated rings. The van der Waals surface area contributed by atoms with Gasteiger partial charge in [0.25, 0.3) is 0 Å². The number of likely N-dealkylation sites (N-methyl/N-ethyl adjacent to an activating group) is 1. The molecule has 6 heteroatoms. The molecule has 20 heavy (non-hydrogen) atoms. The van der Waals surface area contributed by atoms with E-state index in [0.717, 1.165) is 25.3 Å². The molecule has 0 N–H and O–H groups in total. The monoisotopic (exact) mass is 300 g/mol. The Bertz CT molecular complexity index is 392. The molecule has 2 aliphatic rings. The summed E-state index contributed by atoms with van der Waals surface area (Å²) in [5.41, 5.74) is 0. The maximum Gasteiger partial charge on any atom is 0.248 e. The van der Waals surface area contributed by atoms with E-state index in [2.05, 4.69) is 0 Å². The fourth-order valence-electron chi connectivity index (χ4n) is 2.62. The number of hydrogen-bond donors (Lipinski definition) is 0. The average molecular weight is 300 g/mol. The van der Waals surface area contributed by atoms with Crippen molar-refractivity contribution in [2.24, 2.45) is 5.92 Å². The van der Waals surface area contributed by atoms with E-state index in [-0.39, 0.29) is 35.2 Å². The van der Waals surface area contributed by atoms with Gasteiger partial charge in [-0.25, -0.2) is 0 Å². The zero-order valence-electron chi connectivity index (χ0n) is 12.7. The number of hydrogen-bond acceptors (Lipinski definition) is 4. The van der Waals surface area contributed by atoms with E-state index in [1.807, 2.05) is 30.5 Å². The lowest BCUT2D eigenvalue weighted by Gasteiger charge is -2.48. The molecule has 5 nitrogen and oxygen atoms in total. The molecule has 0 aromatic heterocycles. The summed E-state index contributed by atoms with van der Waals surface area (Å²) >= 11 is 1.89. The van der Waals surface area contributed by atoms with Gasteiger partial charge in [-0.1, -0.05) is 13.8 Å². The first-order valence-electron chi connectivity index (χ1n) is 7.07. The Balaban J connectivity index is 1.74. The van der Waals surface area contributed by atoms with Gasteiger partial charge >= 0.3 is 0 Å². The molecule has 0 radical (unpaired) electrons. The van der Waals surface area contributed by atoms with Crippen LogP contribution in [0.25, 0.3) is 0 Å². The zero-order valence-corrected chi connectivity index (χ0v) is 13.5. The number of carbonyl (C=O) groups is 2. The van der Waals surface area contributed by atoms with Crippen molar-refractivity contribution in [3.8, 4) is 0 Å².